The van der Waals surface area contributed by atoms with E-state index in [1.54, 1.807) is 18.4 Å². The van der Waals surface area contributed by atoms with Gasteiger partial charge in [0.2, 0.25) is 11.5 Å². The Labute approximate surface area is 206 Å². The number of carbonyl (C=O) groups is 2. The van der Waals surface area contributed by atoms with Crippen molar-refractivity contribution in [2.24, 2.45) is 5.73 Å². The van der Waals surface area contributed by atoms with Gasteiger partial charge in [0.05, 0.1) is 17.1 Å². The Morgan fingerprint density at radius 2 is 1.92 bits per heavy atom. The summed E-state index contributed by atoms with van der Waals surface area (Å²) >= 11 is 1.04. The van der Waals surface area contributed by atoms with E-state index in [0.717, 1.165) is 29.5 Å². The molecule has 190 valence electrons. The lowest BCUT2D eigenvalue weighted by Crippen LogP contribution is -2.51. The van der Waals surface area contributed by atoms with Crippen LogP contribution in [0.4, 0.5) is 17.6 Å². The SMILES string of the molecule is Cc1ccsc1C(=O)NC[C@](O)(c1cc2c(c(-c3ccc(F)cc3)n1)OC[C@]2(C)C(N)=O)C(F)(F)F. The molecule has 3 aromatic rings. The summed E-state index contributed by atoms with van der Waals surface area (Å²) in [5.41, 5.74) is 0.0929. The fourth-order valence-corrected chi connectivity index (χ4v) is 4.67. The molecule has 2 amide bonds. The van der Waals surface area contributed by atoms with Crippen LogP contribution in [0.5, 0.6) is 5.75 Å². The van der Waals surface area contributed by atoms with Gasteiger partial charge in [-0.15, -0.1) is 11.3 Å². The van der Waals surface area contributed by atoms with Crippen LogP contribution in [-0.2, 0) is 15.8 Å². The average Bonchev–Trinajstić information content (AvgIpc) is 3.40. The Morgan fingerprint density at radius 3 is 2.47 bits per heavy atom. The summed E-state index contributed by atoms with van der Waals surface area (Å²) in [5.74, 6) is -2.25. The van der Waals surface area contributed by atoms with E-state index in [4.69, 9.17) is 10.5 Å². The van der Waals surface area contributed by atoms with Gasteiger partial charge in [0.1, 0.15) is 29.3 Å². The summed E-state index contributed by atoms with van der Waals surface area (Å²) in [6, 6.07) is 7.26. The maximum Gasteiger partial charge on any atom is 0.424 e. The first-order valence-electron chi connectivity index (χ1n) is 10.6. The number of amides is 2. The summed E-state index contributed by atoms with van der Waals surface area (Å²) in [4.78, 5) is 29.0. The molecule has 0 aliphatic carbocycles. The van der Waals surface area contributed by atoms with Gasteiger partial charge in [-0.1, -0.05) is 0 Å². The van der Waals surface area contributed by atoms with E-state index < -0.39 is 47.1 Å². The van der Waals surface area contributed by atoms with Crippen molar-refractivity contribution >= 4 is 23.2 Å². The molecular weight excluding hydrogens is 502 g/mol. The van der Waals surface area contributed by atoms with Gasteiger partial charge in [-0.2, -0.15) is 13.2 Å². The molecule has 0 spiro atoms. The number of nitrogens with two attached hydrogens (primary N) is 1. The Bertz CT molecular complexity index is 1340. The highest BCUT2D eigenvalue weighted by Crippen LogP contribution is 2.47. The van der Waals surface area contributed by atoms with E-state index in [0.29, 0.717) is 5.56 Å². The molecule has 4 N–H and O–H groups in total. The van der Waals surface area contributed by atoms with Crippen LogP contribution in [0.1, 0.15) is 33.4 Å². The number of alkyl halides is 3. The number of ether oxygens (including phenoxy) is 1. The average molecular weight is 524 g/mol. The Balaban J connectivity index is 1.87. The van der Waals surface area contributed by atoms with E-state index in [1.165, 1.54) is 19.1 Å². The number of benzene rings is 1. The fraction of sp³-hybridized carbons (Fsp3) is 0.292. The van der Waals surface area contributed by atoms with E-state index in [1.807, 2.05) is 0 Å². The Morgan fingerprint density at radius 1 is 1.25 bits per heavy atom. The Hall–Kier alpha value is -3.51. The van der Waals surface area contributed by atoms with Crippen LogP contribution >= 0.6 is 11.3 Å². The van der Waals surface area contributed by atoms with Crippen LogP contribution in [0, 0.1) is 12.7 Å². The van der Waals surface area contributed by atoms with Crippen LogP contribution in [0.2, 0.25) is 0 Å². The minimum Gasteiger partial charge on any atom is -0.489 e. The van der Waals surface area contributed by atoms with Gasteiger partial charge in [0.15, 0.2) is 0 Å². The highest BCUT2D eigenvalue weighted by Gasteiger charge is 2.57. The molecule has 0 saturated carbocycles. The van der Waals surface area contributed by atoms with Crippen LogP contribution in [0.25, 0.3) is 11.3 Å². The third-order valence-corrected chi connectivity index (χ3v) is 7.22. The van der Waals surface area contributed by atoms with Crippen LogP contribution in [0.15, 0.2) is 41.8 Å². The maximum absolute atomic E-state index is 14.3. The van der Waals surface area contributed by atoms with Crippen molar-refractivity contribution in [2.45, 2.75) is 31.0 Å². The molecule has 0 unspecified atom stereocenters. The third-order valence-electron chi connectivity index (χ3n) is 6.20. The molecular formula is C24H21F4N3O4S. The molecule has 0 fully saturated rings. The predicted octanol–water partition coefficient (Wildman–Crippen LogP) is 3.57. The number of hydrogen-bond donors (Lipinski definition) is 3. The molecule has 1 aliphatic rings. The molecule has 2 atom stereocenters. The number of thiophene rings is 1. The van der Waals surface area contributed by atoms with Crippen molar-refractivity contribution in [3.8, 4) is 17.0 Å². The molecule has 2 aromatic heterocycles. The zero-order valence-corrected chi connectivity index (χ0v) is 19.9. The first-order chi connectivity index (χ1) is 16.8. The normalized spacial score (nSPS) is 18.8. The smallest absolute Gasteiger partial charge is 0.424 e. The largest absolute Gasteiger partial charge is 0.489 e. The number of halogens is 4. The van der Waals surface area contributed by atoms with Crippen LogP contribution < -0.4 is 15.8 Å². The van der Waals surface area contributed by atoms with Crippen molar-refractivity contribution in [3.05, 3.63) is 69.3 Å². The van der Waals surface area contributed by atoms with Gasteiger partial charge >= 0.3 is 6.18 Å². The van der Waals surface area contributed by atoms with Crippen molar-refractivity contribution in [1.82, 2.24) is 10.3 Å². The highest BCUT2D eigenvalue weighted by atomic mass is 32.1. The lowest BCUT2D eigenvalue weighted by atomic mass is 9.81. The van der Waals surface area contributed by atoms with Crippen LogP contribution in [-0.4, -0.2) is 41.2 Å². The summed E-state index contributed by atoms with van der Waals surface area (Å²) in [5, 5.41) is 14.7. The third kappa shape index (κ3) is 4.20. The number of rotatable bonds is 6. The van der Waals surface area contributed by atoms with Crippen LogP contribution in [0.3, 0.4) is 0 Å². The second-order valence-electron chi connectivity index (χ2n) is 8.70. The molecule has 0 radical (unpaired) electrons. The van der Waals surface area contributed by atoms with Gasteiger partial charge in [-0.25, -0.2) is 9.37 Å². The second kappa shape index (κ2) is 8.86. The molecule has 1 aliphatic heterocycles. The number of fused-ring (bicyclic) bond motifs is 1. The monoisotopic (exact) mass is 523 g/mol. The van der Waals surface area contributed by atoms with E-state index in [-0.39, 0.29) is 34.1 Å². The standard InChI is InChI=1S/C24H21F4N3O4S/c1-12-7-8-36-19(12)20(32)30-10-23(34,24(26,27)28)16-9-15-18(35-11-22(15,2)21(29)33)17(31-16)13-3-5-14(25)6-4-13/h3-9,34H,10-11H2,1-2H3,(H2,29,33)(H,30,32)/t22-,23-/m0/s1. The van der Waals surface area contributed by atoms with Crippen molar-refractivity contribution in [3.63, 3.8) is 0 Å². The van der Waals surface area contributed by atoms with Gasteiger partial charge < -0.3 is 20.9 Å². The number of aromatic nitrogens is 1. The van der Waals surface area contributed by atoms with Gasteiger partial charge in [0, 0.05) is 11.1 Å². The summed E-state index contributed by atoms with van der Waals surface area (Å²) < 4.78 is 62.1. The lowest BCUT2D eigenvalue weighted by molar-refractivity contribution is -0.265. The minimum atomic E-state index is -5.28. The topological polar surface area (TPSA) is 115 Å². The van der Waals surface area contributed by atoms with Crippen molar-refractivity contribution in [1.29, 1.82) is 0 Å². The number of aliphatic hydroxyl groups is 1. The summed E-state index contributed by atoms with van der Waals surface area (Å²) in [7, 11) is 0. The number of pyridine rings is 1. The summed E-state index contributed by atoms with van der Waals surface area (Å²) in [6.45, 7) is 1.50. The van der Waals surface area contributed by atoms with E-state index >= 15 is 0 Å². The number of hydrogen-bond acceptors (Lipinski definition) is 6. The van der Waals surface area contributed by atoms with E-state index in [2.05, 4.69) is 10.3 Å². The van der Waals surface area contributed by atoms with Gasteiger partial charge in [-0.3, -0.25) is 9.59 Å². The number of carbonyl (C=O) groups excluding carboxylic acids is 2. The molecule has 3 heterocycles. The molecule has 0 bridgehead atoms. The minimum absolute atomic E-state index is 0.00516. The highest BCUT2D eigenvalue weighted by molar-refractivity contribution is 7.12. The number of nitrogens with one attached hydrogen (secondary N) is 1. The fourth-order valence-electron chi connectivity index (χ4n) is 3.83. The summed E-state index contributed by atoms with van der Waals surface area (Å²) in [6.07, 6.45) is -5.28. The Kier molecular flexibility index (Phi) is 6.29. The van der Waals surface area contributed by atoms with E-state index in [9.17, 15) is 32.3 Å². The van der Waals surface area contributed by atoms with Crippen molar-refractivity contribution < 1.29 is 37.0 Å². The first kappa shape index (κ1) is 25.6. The number of nitrogens with zero attached hydrogens (tertiary/aromatic N) is 1. The second-order valence-corrected chi connectivity index (χ2v) is 9.61. The zero-order valence-electron chi connectivity index (χ0n) is 19.1. The molecule has 36 heavy (non-hydrogen) atoms. The van der Waals surface area contributed by atoms with Gasteiger partial charge in [0.25, 0.3) is 5.91 Å². The number of aryl methyl sites for hydroxylation is 1. The quantitative estimate of drug-likeness (QED) is 0.428. The van der Waals surface area contributed by atoms with Crippen molar-refractivity contribution in [2.75, 3.05) is 13.2 Å². The lowest BCUT2D eigenvalue weighted by Gasteiger charge is -2.31. The first-order valence-corrected chi connectivity index (χ1v) is 11.5. The van der Waals surface area contributed by atoms with Gasteiger partial charge in [-0.05, 0) is 61.2 Å². The molecule has 1 aromatic carbocycles. The predicted molar refractivity (Wildman–Crippen MR) is 123 cm³/mol. The molecule has 7 nitrogen and oxygen atoms in total. The molecule has 0 saturated heterocycles. The zero-order chi connectivity index (χ0) is 26.5. The number of primary amides is 1. The maximum atomic E-state index is 14.3. The molecule has 12 heteroatoms. The molecule has 4 rings (SSSR count).